The maximum atomic E-state index is 12.1. The van der Waals surface area contributed by atoms with Gasteiger partial charge in [-0.05, 0) is 26.3 Å². The average molecular weight is 349 g/mol. The number of carbonyl (C=O) groups excluding carboxylic acids is 3. The zero-order valence-electron chi connectivity index (χ0n) is 15.5. The van der Waals surface area contributed by atoms with Gasteiger partial charge in [-0.2, -0.15) is 0 Å². The summed E-state index contributed by atoms with van der Waals surface area (Å²) in [5.41, 5.74) is 0.539. The van der Waals surface area contributed by atoms with Crippen molar-refractivity contribution in [2.24, 2.45) is 0 Å². The molecular weight excluding hydrogens is 322 g/mol. The van der Waals surface area contributed by atoms with E-state index in [1.54, 1.807) is 11.9 Å². The highest BCUT2D eigenvalue weighted by Crippen LogP contribution is 2.10. The van der Waals surface area contributed by atoms with Gasteiger partial charge in [-0.15, -0.1) is 0 Å². The predicted molar refractivity (Wildman–Crippen MR) is 94.8 cm³/mol. The quantitative estimate of drug-likeness (QED) is 0.847. The summed E-state index contributed by atoms with van der Waals surface area (Å²) in [4.78, 5) is 38.6. The van der Waals surface area contributed by atoms with Crippen molar-refractivity contribution in [1.82, 2.24) is 15.1 Å². The first-order valence-electron chi connectivity index (χ1n) is 8.06. The smallest absolute Gasteiger partial charge is 0.407 e. The fourth-order valence-electron chi connectivity index (χ4n) is 1.83. The fraction of sp³-hybridized carbons (Fsp3) is 0.500. The molecular formula is C18H27N3O4. The summed E-state index contributed by atoms with van der Waals surface area (Å²) in [6, 6.07) is 9.24. The van der Waals surface area contributed by atoms with Crippen LogP contribution in [0.5, 0.6) is 0 Å². The lowest BCUT2D eigenvalue weighted by atomic mass is 10.1. The van der Waals surface area contributed by atoms with Crippen LogP contribution in [0.3, 0.4) is 0 Å². The number of benzene rings is 1. The number of hydrogen-bond donors (Lipinski definition) is 1. The van der Waals surface area contributed by atoms with Crippen molar-refractivity contribution < 1.29 is 19.1 Å². The lowest BCUT2D eigenvalue weighted by Crippen LogP contribution is -2.48. The van der Waals surface area contributed by atoms with Gasteiger partial charge in [0.1, 0.15) is 13.2 Å². The second-order valence-corrected chi connectivity index (χ2v) is 6.79. The third-order valence-corrected chi connectivity index (χ3v) is 3.78. The van der Waals surface area contributed by atoms with Crippen LogP contribution in [0.25, 0.3) is 0 Å². The molecule has 7 nitrogen and oxygen atoms in total. The van der Waals surface area contributed by atoms with E-state index in [4.69, 9.17) is 4.74 Å². The number of likely N-dealkylation sites (N-methyl/N-ethyl adjacent to an activating group) is 2. The molecule has 0 fully saturated rings. The van der Waals surface area contributed by atoms with Crippen LogP contribution in [-0.2, 0) is 20.9 Å². The Balaban J connectivity index is 2.35. The molecule has 25 heavy (non-hydrogen) atoms. The Kier molecular flexibility index (Phi) is 7.42. The van der Waals surface area contributed by atoms with E-state index in [1.165, 1.54) is 11.9 Å². The highest BCUT2D eigenvalue weighted by Gasteiger charge is 2.24. The lowest BCUT2D eigenvalue weighted by molar-refractivity contribution is -0.140. The van der Waals surface area contributed by atoms with Gasteiger partial charge in [-0.3, -0.25) is 9.59 Å². The largest absolute Gasteiger partial charge is 0.445 e. The molecule has 3 amide bonds. The molecule has 0 aliphatic heterocycles. The first-order valence-corrected chi connectivity index (χ1v) is 8.06. The fourth-order valence-corrected chi connectivity index (χ4v) is 1.83. The van der Waals surface area contributed by atoms with Crippen LogP contribution < -0.4 is 5.32 Å². The normalized spacial score (nSPS) is 10.8. The number of nitrogens with one attached hydrogen (secondary N) is 1. The summed E-state index contributed by atoms with van der Waals surface area (Å²) in [5.74, 6) is -0.540. The molecule has 0 atom stereocenters. The second kappa shape index (κ2) is 9.05. The number of carbonyl (C=O) groups is 3. The van der Waals surface area contributed by atoms with E-state index in [1.807, 2.05) is 51.1 Å². The minimum absolute atomic E-state index is 0.0483. The summed E-state index contributed by atoms with van der Waals surface area (Å²) in [6.45, 7) is 5.60. The number of alkyl carbamates (subject to hydrolysis) is 1. The lowest BCUT2D eigenvalue weighted by Gasteiger charge is -2.33. The average Bonchev–Trinajstić information content (AvgIpc) is 2.56. The Morgan fingerprint density at radius 1 is 1.04 bits per heavy atom. The minimum atomic E-state index is -0.677. The van der Waals surface area contributed by atoms with Gasteiger partial charge in [0.2, 0.25) is 11.8 Å². The summed E-state index contributed by atoms with van der Waals surface area (Å²) < 4.78 is 5.03. The molecule has 0 saturated heterocycles. The van der Waals surface area contributed by atoms with Crippen LogP contribution in [0.1, 0.15) is 26.3 Å². The molecule has 0 saturated carbocycles. The van der Waals surface area contributed by atoms with Crippen molar-refractivity contribution >= 4 is 17.9 Å². The van der Waals surface area contributed by atoms with Crippen molar-refractivity contribution in [2.75, 3.05) is 27.2 Å². The van der Waals surface area contributed by atoms with E-state index in [-0.39, 0.29) is 37.0 Å². The molecule has 1 N–H and O–H groups in total. The standard InChI is InChI=1S/C18H27N3O4/c1-18(2,3)21(5)16(23)12-20(4)15(22)11-19-17(24)25-13-14-9-7-6-8-10-14/h6-10H,11-13H2,1-5H3,(H,19,24). The van der Waals surface area contributed by atoms with Crippen LogP contribution in [0.15, 0.2) is 30.3 Å². The maximum absolute atomic E-state index is 12.1. The Morgan fingerprint density at radius 3 is 2.20 bits per heavy atom. The highest BCUT2D eigenvalue weighted by atomic mass is 16.5. The summed E-state index contributed by atoms with van der Waals surface area (Å²) in [7, 11) is 3.22. The third-order valence-electron chi connectivity index (χ3n) is 3.78. The van der Waals surface area contributed by atoms with Crippen molar-refractivity contribution in [3.8, 4) is 0 Å². The molecule has 0 aromatic heterocycles. The van der Waals surface area contributed by atoms with Crippen LogP contribution in [-0.4, -0.2) is 60.4 Å². The molecule has 0 aliphatic carbocycles. The van der Waals surface area contributed by atoms with Crippen LogP contribution in [0, 0.1) is 0 Å². The molecule has 0 radical (unpaired) electrons. The van der Waals surface area contributed by atoms with Gasteiger partial charge in [0, 0.05) is 19.6 Å². The molecule has 0 aliphatic rings. The minimum Gasteiger partial charge on any atom is -0.445 e. The van der Waals surface area contributed by atoms with E-state index in [9.17, 15) is 14.4 Å². The Bertz CT molecular complexity index is 596. The Labute approximate surface area is 148 Å². The number of amides is 3. The van der Waals surface area contributed by atoms with Gasteiger partial charge in [0.05, 0.1) is 6.54 Å². The Morgan fingerprint density at radius 2 is 1.64 bits per heavy atom. The first-order chi connectivity index (χ1) is 11.6. The molecule has 1 aromatic carbocycles. The van der Waals surface area contributed by atoms with Gasteiger partial charge in [-0.1, -0.05) is 30.3 Å². The van der Waals surface area contributed by atoms with Gasteiger partial charge in [0.25, 0.3) is 0 Å². The third kappa shape index (κ3) is 7.24. The van der Waals surface area contributed by atoms with E-state index >= 15 is 0 Å². The monoisotopic (exact) mass is 349 g/mol. The maximum Gasteiger partial charge on any atom is 0.407 e. The topological polar surface area (TPSA) is 79.0 Å². The van der Waals surface area contributed by atoms with Gasteiger partial charge in [0.15, 0.2) is 0 Å². The molecule has 138 valence electrons. The number of nitrogens with zero attached hydrogens (tertiary/aromatic N) is 2. The number of ether oxygens (including phenoxy) is 1. The molecule has 7 heteroatoms. The van der Waals surface area contributed by atoms with Gasteiger partial charge >= 0.3 is 6.09 Å². The van der Waals surface area contributed by atoms with Crippen molar-refractivity contribution in [3.05, 3.63) is 35.9 Å². The highest BCUT2D eigenvalue weighted by molar-refractivity contribution is 5.87. The number of rotatable bonds is 6. The second-order valence-electron chi connectivity index (χ2n) is 6.79. The molecule has 0 spiro atoms. The first kappa shape index (κ1) is 20.5. The van der Waals surface area contributed by atoms with Crippen LogP contribution in [0.2, 0.25) is 0 Å². The summed E-state index contributed by atoms with van der Waals surface area (Å²) >= 11 is 0. The Hall–Kier alpha value is -2.57. The van der Waals surface area contributed by atoms with Gasteiger partial charge < -0.3 is 19.9 Å². The van der Waals surface area contributed by atoms with E-state index in [0.29, 0.717) is 0 Å². The molecule has 0 bridgehead atoms. The SMILES string of the molecule is CN(CC(=O)N(C)C(C)(C)C)C(=O)CNC(=O)OCc1ccccc1. The van der Waals surface area contributed by atoms with Crippen LogP contribution in [0.4, 0.5) is 4.79 Å². The summed E-state index contributed by atoms with van der Waals surface area (Å²) in [6.07, 6.45) is -0.677. The van der Waals surface area contributed by atoms with Crippen LogP contribution >= 0.6 is 0 Å². The molecule has 0 heterocycles. The van der Waals surface area contributed by atoms with Crippen molar-refractivity contribution in [3.63, 3.8) is 0 Å². The van der Waals surface area contributed by atoms with Gasteiger partial charge in [-0.25, -0.2) is 4.79 Å². The predicted octanol–water partition coefficient (Wildman–Crippen LogP) is 1.63. The molecule has 0 unspecified atom stereocenters. The molecule has 1 rings (SSSR count). The van der Waals surface area contributed by atoms with E-state index in [2.05, 4.69) is 5.32 Å². The van der Waals surface area contributed by atoms with E-state index < -0.39 is 6.09 Å². The van der Waals surface area contributed by atoms with E-state index in [0.717, 1.165) is 5.56 Å². The zero-order valence-corrected chi connectivity index (χ0v) is 15.5. The van der Waals surface area contributed by atoms with Crippen molar-refractivity contribution in [1.29, 1.82) is 0 Å². The van der Waals surface area contributed by atoms with Crippen molar-refractivity contribution in [2.45, 2.75) is 32.9 Å². The zero-order chi connectivity index (χ0) is 19.0. The molecule has 1 aromatic rings. The number of hydrogen-bond acceptors (Lipinski definition) is 4. The summed E-state index contributed by atoms with van der Waals surface area (Å²) in [5, 5.41) is 2.39.